The van der Waals surface area contributed by atoms with E-state index >= 15 is 0 Å². The lowest BCUT2D eigenvalue weighted by Gasteiger charge is -2.44. The molecule has 0 aromatic rings. The zero-order valence-electron chi connectivity index (χ0n) is 36.8. The number of hydroxylamine groups is 2. The van der Waals surface area contributed by atoms with Crippen molar-refractivity contribution in [3.63, 3.8) is 0 Å². The number of imide groups is 1. The minimum Gasteiger partial charge on any atom is -0.390 e. The molecule has 10 heteroatoms. The van der Waals surface area contributed by atoms with Crippen molar-refractivity contribution in [2.24, 2.45) is 28.6 Å². The van der Waals surface area contributed by atoms with Gasteiger partial charge in [0.1, 0.15) is 0 Å². The van der Waals surface area contributed by atoms with Gasteiger partial charge in [0.2, 0.25) is 5.91 Å². The van der Waals surface area contributed by atoms with Crippen LogP contribution in [0.1, 0.15) is 171 Å². The molecule has 10 nitrogen and oxygen atoms in total. The van der Waals surface area contributed by atoms with E-state index < -0.39 is 34.4 Å². The summed E-state index contributed by atoms with van der Waals surface area (Å²) in [6.45, 7) is 22.4. The lowest BCUT2D eigenvalue weighted by atomic mass is 9.60. The van der Waals surface area contributed by atoms with Crippen LogP contribution in [-0.4, -0.2) is 70.9 Å². The fraction of sp³-hybridized carbons (Fsp3) is 0.787. The number of carbonyl (C=O) groups is 4. The average molecular weight is 797 g/mol. The molecule has 322 valence electrons. The molecule has 1 unspecified atom stereocenters. The highest BCUT2D eigenvalue weighted by Crippen LogP contribution is 2.60. The van der Waals surface area contributed by atoms with Crippen LogP contribution in [0.4, 0.5) is 0 Å². The summed E-state index contributed by atoms with van der Waals surface area (Å²) in [5.41, 5.74) is 2.68. The summed E-state index contributed by atoms with van der Waals surface area (Å²) in [4.78, 5) is 53.9. The SMILES string of the molecule is C=C1CC[C@H](OCCCNC(=O)C(C)(C)CCOC(C)(CC)CCC(=O)ON2C(=O)CCC2=O)C/C1=C/C=C1\CCC[C@]2(C)[C@@H]([C@H](C)CCCC(C)(C)O)CC[C@@H]12. The van der Waals surface area contributed by atoms with Gasteiger partial charge in [-0.05, 0) is 133 Å². The van der Waals surface area contributed by atoms with E-state index in [4.69, 9.17) is 14.3 Å². The number of ether oxygens (including phenoxy) is 2. The normalized spacial score (nSPS) is 27.5. The van der Waals surface area contributed by atoms with Crippen molar-refractivity contribution < 1.29 is 38.6 Å². The maximum absolute atomic E-state index is 13.1. The van der Waals surface area contributed by atoms with Gasteiger partial charge >= 0.3 is 5.97 Å². The van der Waals surface area contributed by atoms with Gasteiger partial charge in [0.25, 0.3) is 11.8 Å². The first-order valence-electron chi connectivity index (χ1n) is 22.2. The van der Waals surface area contributed by atoms with Gasteiger partial charge in [-0.1, -0.05) is 77.3 Å². The van der Waals surface area contributed by atoms with E-state index in [1.54, 1.807) is 5.57 Å². The fourth-order valence-electron chi connectivity index (χ4n) is 9.75. The van der Waals surface area contributed by atoms with E-state index in [2.05, 4.69) is 37.9 Å². The maximum atomic E-state index is 13.1. The van der Waals surface area contributed by atoms with Crippen LogP contribution < -0.4 is 5.32 Å². The van der Waals surface area contributed by atoms with Crippen molar-refractivity contribution in [2.75, 3.05) is 19.8 Å². The molecule has 6 atom stereocenters. The number of allylic oxidation sites excluding steroid dienone is 4. The number of carbonyl (C=O) groups excluding carboxylic acids is 4. The van der Waals surface area contributed by atoms with Crippen LogP contribution >= 0.6 is 0 Å². The second-order valence-electron chi connectivity index (χ2n) is 19.5. The molecule has 4 aliphatic rings. The van der Waals surface area contributed by atoms with Crippen molar-refractivity contribution >= 4 is 23.7 Å². The van der Waals surface area contributed by atoms with Gasteiger partial charge in [0.15, 0.2) is 0 Å². The van der Waals surface area contributed by atoms with Crippen LogP contribution in [-0.2, 0) is 33.5 Å². The first-order valence-corrected chi connectivity index (χ1v) is 22.2. The van der Waals surface area contributed by atoms with E-state index in [-0.39, 0.29) is 31.3 Å². The Morgan fingerprint density at radius 1 is 0.982 bits per heavy atom. The molecular weight excluding hydrogens is 721 g/mol. The Morgan fingerprint density at radius 3 is 2.39 bits per heavy atom. The molecule has 3 amide bonds. The Hall–Kier alpha value is -2.82. The number of nitrogens with zero attached hydrogens (tertiary/aromatic N) is 1. The number of amides is 3. The van der Waals surface area contributed by atoms with Gasteiger partial charge in [0.05, 0.1) is 23.7 Å². The first-order chi connectivity index (χ1) is 26.8. The molecular formula is C47H76N2O8. The summed E-state index contributed by atoms with van der Waals surface area (Å²) in [5, 5.41) is 13.9. The number of hydrogen-bond donors (Lipinski definition) is 2. The average Bonchev–Trinajstić information content (AvgIpc) is 3.67. The van der Waals surface area contributed by atoms with Gasteiger partial charge in [-0.15, -0.1) is 5.06 Å². The summed E-state index contributed by atoms with van der Waals surface area (Å²) in [6.07, 6.45) is 19.6. The minimum absolute atomic E-state index is 0.00551. The molecule has 3 saturated carbocycles. The highest BCUT2D eigenvalue weighted by atomic mass is 16.7. The smallest absolute Gasteiger partial charge is 0.333 e. The Kier molecular flexibility index (Phi) is 16.8. The predicted molar refractivity (Wildman–Crippen MR) is 223 cm³/mol. The molecule has 4 fully saturated rings. The molecule has 4 rings (SSSR count). The molecule has 0 aromatic heterocycles. The molecule has 57 heavy (non-hydrogen) atoms. The molecule has 0 spiro atoms. The largest absolute Gasteiger partial charge is 0.390 e. The van der Waals surface area contributed by atoms with Crippen LogP contribution in [0.2, 0.25) is 0 Å². The van der Waals surface area contributed by atoms with Gasteiger partial charge in [-0.3, -0.25) is 14.4 Å². The molecule has 1 saturated heterocycles. The summed E-state index contributed by atoms with van der Waals surface area (Å²) < 4.78 is 12.5. The zero-order valence-corrected chi connectivity index (χ0v) is 36.8. The fourth-order valence-corrected chi connectivity index (χ4v) is 9.75. The lowest BCUT2D eigenvalue weighted by Crippen LogP contribution is -2.39. The standard InChI is InChI=1S/C47H76N2O8/c1-10-46(8,27-24-42(52)57-49-40(50)22-23-41(49)51)56-31-28-44(4,5)43(53)48-29-13-30-55-37-19-16-33(2)36(32-37)18-17-35-15-12-26-47(9)38(20-21-39(35)47)34(3)14-11-25-45(6,7)54/h17-18,34,37-39,54H,2,10-16,19-32H2,1,3-9H3,(H,48,53)/b35-17+,36-18-/t34-,37+,38-,39+,46?,47-/m1/s1. The summed E-state index contributed by atoms with van der Waals surface area (Å²) in [5.74, 6) is 0.415. The maximum Gasteiger partial charge on any atom is 0.333 e. The van der Waals surface area contributed by atoms with Crippen molar-refractivity contribution in [1.82, 2.24) is 10.4 Å². The third-order valence-corrected chi connectivity index (χ3v) is 13.9. The van der Waals surface area contributed by atoms with Gasteiger partial charge < -0.3 is 24.7 Å². The van der Waals surface area contributed by atoms with E-state index in [1.165, 1.54) is 49.7 Å². The summed E-state index contributed by atoms with van der Waals surface area (Å²) >= 11 is 0. The van der Waals surface area contributed by atoms with Crippen LogP contribution in [0.3, 0.4) is 0 Å². The minimum atomic E-state index is -0.645. The Labute approximate surface area is 343 Å². The number of rotatable bonds is 21. The van der Waals surface area contributed by atoms with Crippen LogP contribution in [0, 0.1) is 28.6 Å². The van der Waals surface area contributed by atoms with Crippen LogP contribution in [0.5, 0.6) is 0 Å². The topological polar surface area (TPSA) is 131 Å². The molecule has 0 aromatic carbocycles. The first kappa shape index (κ1) is 46.9. The third-order valence-electron chi connectivity index (χ3n) is 13.9. The Morgan fingerprint density at radius 2 is 1.70 bits per heavy atom. The van der Waals surface area contributed by atoms with Crippen LogP contribution in [0.15, 0.2) is 35.5 Å². The van der Waals surface area contributed by atoms with Crippen LogP contribution in [0.25, 0.3) is 0 Å². The summed E-state index contributed by atoms with van der Waals surface area (Å²) in [6, 6.07) is 0. The molecule has 2 N–H and O–H groups in total. The number of nitrogens with one attached hydrogen (secondary N) is 1. The molecule has 1 aliphatic heterocycles. The number of fused-ring (bicyclic) bond motifs is 1. The van der Waals surface area contributed by atoms with E-state index in [1.807, 2.05) is 41.5 Å². The molecule has 1 heterocycles. The van der Waals surface area contributed by atoms with E-state index in [9.17, 15) is 24.3 Å². The van der Waals surface area contributed by atoms with E-state index in [0.717, 1.165) is 44.4 Å². The zero-order chi connectivity index (χ0) is 42.0. The van der Waals surface area contributed by atoms with Crippen molar-refractivity contribution in [3.8, 4) is 0 Å². The third kappa shape index (κ3) is 13.3. The Balaban J connectivity index is 1.16. The molecule has 0 radical (unpaired) electrons. The Bertz CT molecular complexity index is 1480. The number of hydrogen-bond acceptors (Lipinski definition) is 8. The van der Waals surface area contributed by atoms with Gasteiger partial charge in [-0.2, -0.15) is 0 Å². The lowest BCUT2D eigenvalue weighted by molar-refractivity contribution is -0.198. The summed E-state index contributed by atoms with van der Waals surface area (Å²) in [7, 11) is 0. The predicted octanol–water partition coefficient (Wildman–Crippen LogP) is 9.25. The van der Waals surface area contributed by atoms with Crippen molar-refractivity contribution in [3.05, 3.63) is 35.5 Å². The van der Waals surface area contributed by atoms with Crippen molar-refractivity contribution in [1.29, 1.82) is 0 Å². The highest BCUT2D eigenvalue weighted by Gasteiger charge is 2.50. The van der Waals surface area contributed by atoms with Gasteiger partial charge in [-0.25, -0.2) is 4.79 Å². The monoisotopic (exact) mass is 797 g/mol. The quantitative estimate of drug-likeness (QED) is 0.0869. The van der Waals surface area contributed by atoms with E-state index in [0.29, 0.717) is 61.3 Å². The second kappa shape index (κ2) is 20.4. The number of aliphatic hydroxyl groups is 1. The molecule has 3 aliphatic carbocycles. The molecule has 0 bridgehead atoms. The highest BCUT2D eigenvalue weighted by molar-refractivity contribution is 6.01. The second-order valence-corrected chi connectivity index (χ2v) is 19.5. The van der Waals surface area contributed by atoms with Gasteiger partial charge in [0, 0.05) is 38.0 Å². The van der Waals surface area contributed by atoms with Crippen molar-refractivity contribution in [2.45, 2.75) is 188 Å².